The zero-order chi connectivity index (χ0) is 19.3. The lowest BCUT2D eigenvalue weighted by Crippen LogP contribution is -2.60. The average molecular weight is 387 g/mol. The van der Waals surface area contributed by atoms with Crippen LogP contribution in [0.5, 0.6) is 0 Å². The Kier molecular flexibility index (Phi) is 4.38. The first-order valence-electron chi connectivity index (χ1n) is 9.93. The summed E-state index contributed by atoms with van der Waals surface area (Å²) in [4.78, 5) is 21.3. The van der Waals surface area contributed by atoms with E-state index in [4.69, 9.17) is 0 Å². The Morgan fingerprint density at radius 3 is 2.75 bits per heavy atom. The third-order valence-corrected chi connectivity index (χ3v) is 6.72. The molecule has 1 amide bonds. The summed E-state index contributed by atoms with van der Waals surface area (Å²) in [7, 11) is 0. The summed E-state index contributed by atoms with van der Waals surface area (Å²) in [6.07, 6.45) is 5.50. The van der Waals surface area contributed by atoms with Gasteiger partial charge in [-0.3, -0.25) is 14.4 Å². The van der Waals surface area contributed by atoms with Gasteiger partial charge in [0.15, 0.2) is 11.6 Å². The molecule has 5 heterocycles. The van der Waals surface area contributed by atoms with Gasteiger partial charge in [0.1, 0.15) is 12.7 Å². The van der Waals surface area contributed by atoms with Gasteiger partial charge in [0.05, 0.1) is 12.6 Å². The fourth-order valence-electron chi connectivity index (χ4n) is 5.49. The molecule has 0 saturated carbocycles. The first-order chi connectivity index (χ1) is 13.6. The molecule has 2 aromatic rings. The average Bonchev–Trinajstić information content (AvgIpc) is 3.38. The van der Waals surface area contributed by atoms with E-state index in [0.717, 1.165) is 32.0 Å². The molecule has 2 bridgehead atoms. The highest BCUT2D eigenvalue weighted by Gasteiger charge is 2.55. The lowest BCUT2D eigenvalue weighted by Gasteiger charge is -2.51. The smallest absolute Gasteiger partial charge is 0.224 e. The number of benzene rings is 1. The number of piperidine rings is 3. The number of carbonyl (C=O) groups is 1. The maximum atomic E-state index is 14.6. The van der Waals surface area contributed by atoms with Crippen molar-refractivity contribution in [2.75, 3.05) is 19.6 Å². The highest BCUT2D eigenvalue weighted by molar-refractivity contribution is 5.77. The van der Waals surface area contributed by atoms with E-state index in [1.165, 1.54) is 6.33 Å². The number of nitrogens with zero attached hydrogens (tertiary/aromatic N) is 5. The largest absolute Gasteiger partial charge is 0.337 e. The third-order valence-electron chi connectivity index (χ3n) is 6.72. The van der Waals surface area contributed by atoms with Gasteiger partial charge >= 0.3 is 0 Å². The monoisotopic (exact) mass is 387 g/mol. The van der Waals surface area contributed by atoms with Gasteiger partial charge < -0.3 is 4.90 Å². The number of rotatable bonds is 4. The van der Waals surface area contributed by atoms with E-state index in [1.54, 1.807) is 23.1 Å². The van der Waals surface area contributed by atoms with Crippen molar-refractivity contribution >= 4 is 5.91 Å². The Hall–Kier alpha value is -2.35. The first kappa shape index (κ1) is 17.7. The maximum absolute atomic E-state index is 14.6. The minimum Gasteiger partial charge on any atom is -0.337 e. The van der Waals surface area contributed by atoms with Crippen LogP contribution in [-0.4, -0.2) is 62.2 Å². The van der Waals surface area contributed by atoms with E-state index in [2.05, 4.69) is 15.0 Å². The molecule has 0 spiro atoms. The number of hydrogen-bond donors (Lipinski definition) is 0. The molecule has 8 heteroatoms. The van der Waals surface area contributed by atoms with Crippen LogP contribution in [0.4, 0.5) is 8.78 Å². The van der Waals surface area contributed by atoms with Gasteiger partial charge in [0.25, 0.3) is 0 Å². The highest BCUT2D eigenvalue weighted by Crippen LogP contribution is 2.47. The Balaban J connectivity index is 1.43. The molecule has 0 N–H and O–H groups in total. The van der Waals surface area contributed by atoms with Crippen molar-refractivity contribution in [2.45, 2.75) is 43.8 Å². The molecule has 4 saturated heterocycles. The van der Waals surface area contributed by atoms with Crippen molar-refractivity contribution in [3.8, 4) is 0 Å². The first-order valence-corrected chi connectivity index (χ1v) is 9.93. The maximum Gasteiger partial charge on any atom is 0.224 e. The summed E-state index contributed by atoms with van der Waals surface area (Å²) in [6, 6.07) is 4.54. The summed E-state index contributed by atoms with van der Waals surface area (Å²) in [6.45, 7) is 2.86. The zero-order valence-electron chi connectivity index (χ0n) is 15.5. The molecule has 0 aliphatic carbocycles. The van der Waals surface area contributed by atoms with Crippen LogP contribution >= 0.6 is 0 Å². The predicted octanol–water partition coefficient (Wildman–Crippen LogP) is 2.04. The number of aryl methyl sites for hydroxylation is 1. The lowest BCUT2D eigenvalue weighted by molar-refractivity contribution is -0.136. The summed E-state index contributed by atoms with van der Waals surface area (Å²) >= 11 is 0. The molecule has 0 unspecified atom stereocenters. The van der Waals surface area contributed by atoms with Crippen molar-refractivity contribution in [3.63, 3.8) is 0 Å². The van der Waals surface area contributed by atoms with Crippen LogP contribution in [-0.2, 0) is 11.3 Å². The van der Waals surface area contributed by atoms with Crippen LogP contribution in [0, 0.1) is 17.6 Å². The van der Waals surface area contributed by atoms with E-state index in [0.29, 0.717) is 31.0 Å². The fourth-order valence-corrected chi connectivity index (χ4v) is 5.49. The van der Waals surface area contributed by atoms with E-state index in [1.807, 2.05) is 4.90 Å². The van der Waals surface area contributed by atoms with Gasteiger partial charge in [-0.1, -0.05) is 12.1 Å². The number of fused-ring (bicyclic) bond motifs is 2. The Bertz CT molecular complexity index is 865. The molecule has 0 radical (unpaired) electrons. The standard InChI is InChI=1S/C20H23F2N5O/c21-16-3-1-2-14(18(16)22)15-10-27(17(28)6-9-26-12-23-11-24-26)19-13-4-7-25(8-5-13)20(15)19/h1-3,11-13,15,19-20H,4-10H2/t15-,19+,20+/m0/s1. The third kappa shape index (κ3) is 2.82. The highest BCUT2D eigenvalue weighted by atomic mass is 19.2. The van der Waals surface area contributed by atoms with Crippen molar-refractivity contribution in [3.05, 3.63) is 48.1 Å². The van der Waals surface area contributed by atoms with E-state index in [-0.39, 0.29) is 23.9 Å². The number of aromatic nitrogens is 3. The molecule has 148 valence electrons. The van der Waals surface area contributed by atoms with Gasteiger partial charge in [-0.15, -0.1) is 0 Å². The quantitative estimate of drug-likeness (QED) is 0.806. The second-order valence-corrected chi connectivity index (χ2v) is 8.06. The fraction of sp³-hybridized carbons (Fsp3) is 0.550. The molecule has 6 nitrogen and oxygen atoms in total. The summed E-state index contributed by atoms with van der Waals surface area (Å²) in [5, 5.41) is 4.05. The molecule has 6 rings (SSSR count). The van der Waals surface area contributed by atoms with E-state index < -0.39 is 11.6 Å². The van der Waals surface area contributed by atoms with Crippen LogP contribution in [0.3, 0.4) is 0 Å². The minimum absolute atomic E-state index is 0.0542. The summed E-state index contributed by atoms with van der Waals surface area (Å²) in [5.74, 6) is -1.29. The molecule has 1 aromatic heterocycles. The summed E-state index contributed by atoms with van der Waals surface area (Å²) in [5.41, 5.74) is 0.397. The zero-order valence-corrected chi connectivity index (χ0v) is 15.5. The number of hydrogen-bond acceptors (Lipinski definition) is 4. The molecule has 3 atom stereocenters. The molecule has 1 aromatic carbocycles. The molecular weight excluding hydrogens is 364 g/mol. The molecular formula is C20H23F2N5O. The number of likely N-dealkylation sites (tertiary alicyclic amines) is 1. The van der Waals surface area contributed by atoms with Crippen LogP contribution < -0.4 is 0 Å². The van der Waals surface area contributed by atoms with Crippen molar-refractivity contribution in [1.82, 2.24) is 24.6 Å². The van der Waals surface area contributed by atoms with Crippen LogP contribution in [0.1, 0.15) is 30.7 Å². The van der Waals surface area contributed by atoms with Crippen LogP contribution in [0.15, 0.2) is 30.9 Å². The normalized spacial score (nSPS) is 31.2. The molecule has 28 heavy (non-hydrogen) atoms. The SMILES string of the molecule is O=C(CCn1cncn1)N1C[C@@H](c2cccc(F)c2F)[C@@H]2[C@H]1C1CCN2CC1. The van der Waals surface area contributed by atoms with Gasteiger partial charge in [-0.25, -0.2) is 13.8 Å². The lowest BCUT2D eigenvalue weighted by atomic mass is 9.75. The van der Waals surface area contributed by atoms with Crippen molar-refractivity contribution in [1.29, 1.82) is 0 Å². The number of carbonyl (C=O) groups excluding carboxylic acids is 1. The van der Waals surface area contributed by atoms with Crippen LogP contribution in [0.25, 0.3) is 0 Å². The van der Waals surface area contributed by atoms with Gasteiger partial charge in [0, 0.05) is 24.9 Å². The van der Waals surface area contributed by atoms with Crippen molar-refractivity contribution in [2.24, 2.45) is 5.92 Å². The summed E-state index contributed by atoms with van der Waals surface area (Å²) < 4.78 is 30.1. The van der Waals surface area contributed by atoms with Gasteiger partial charge in [0.2, 0.25) is 5.91 Å². The second kappa shape index (κ2) is 6.92. The van der Waals surface area contributed by atoms with Gasteiger partial charge in [-0.2, -0.15) is 5.10 Å². The van der Waals surface area contributed by atoms with E-state index >= 15 is 0 Å². The molecule has 4 fully saturated rings. The predicted molar refractivity (Wildman–Crippen MR) is 97.3 cm³/mol. The Labute approximate surface area is 162 Å². The Morgan fingerprint density at radius 2 is 2.00 bits per heavy atom. The van der Waals surface area contributed by atoms with E-state index in [9.17, 15) is 13.6 Å². The topological polar surface area (TPSA) is 54.3 Å². The minimum atomic E-state index is -0.819. The number of halogens is 2. The van der Waals surface area contributed by atoms with Crippen molar-refractivity contribution < 1.29 is 13.6 Å². The van der Waals surface area contributed by atoms with Crippen LogP contribution in [0.2, 0.25) is 0 Å². The Morgan fingerprint density at radius 1 is 1.18 bits per heavy atom. The molecule has 4 aliphatic heterocycles. The van der Waals surface area contributed by atoms with Gasteiger partial charge in [-0.05, 0) is 43.5 Å². The molecule has 4 aliphatic rings. The number of amides is 1. The second-order valence-electron chi connectivity index (χ2n) is 8.06.